The van der Waals surface area contributed by atoms with Crippen LogP contribution in [0.3, 0.4) is 0 Å². The Morgan fingerprint density at radius 2 is 1.65 bits per heavy atom. The predicted octanol–water partition coefficient (Wildman–Crippen LogP) is 2.61. The van der Waals surface area contributed by atoms with Crippen LogP contribution in [0.1, 0.15) is 29.3 Å². The van der Waals surface area contributed by atoms with Crippen molar-refractivity contribution in [1.82, 2.24) is 10.9 Å². The van der Waals surface area contributed by atoms with Gasteiger partial charge in [0.25, 0.3) is 11.8 Å². The molecule has 0 spiro atoms. The highest BCUT2D eigenvalue weighted by Gasteiger charge is 2.19. The van der Waals surface area contributed by atoms with Crippen LogP contribution in [0.4, 0.5) is 0 Å². The van der Waals surface area contributed by atoms with Gasteiger partial charge in [-0.05, 0) is 37.6 Å². The molecule has 0 saturated heterocycles. The molecule has 2 rings (SSSR count). The summed E-state index contributed by atoms with van der Waals surface area (Å²) in [5, 5.41) is 0. The van der Waals surface area contributed by atoms with Crippen molar-refractivity contribution in [3.05, 3.63) is 65.7 Å². The van der Waals surface area contributed by atoms with E-state index in [0.717, 1.165) is 5.56 Å². The van der Waals surface area contributed by atoms with Crippen molar-refractivity contribution in [1.29, 1.82) is 0 Å². The molecular weight excluding hydrogens is 292 g/mol. The molecule has 2 aromatic carbocycles. The molecule has 0 aliphatic carbocycles. The number of hydrogen-bond donors (Lipinski definition) is 2. The molecule has 2 N–H and O–H groups in total. The van der Waals surface area contributed by atoms with E-state index in [1.54, 1.807) is 24.3 Å². The molecule has 0 aromatic heterocycles. The Hall–Kier alpha value is -2.82. The molecule has 0 unspecified atom stereocenters. The molecule has 0 saturated carbocycles. The number of benzene rings is 2. The van der Waals surface area contributed by atoms with Crippen LogP contribution < -0.4 is 15.6 Å². The number of carbonyl (C=O) groups excluding carboxylic acids is 2. The highest BCUT2D eigenvalue weighted by molar-refractivity contribution is 5.95. The smallest absolute Gasteiger partial charge is 0.279 e. The number of rotatable bonds is 5. The van der Waals surface area contributed by atoms with Crippen molar-refractivity contribution in [2.24, 2.45) is 0 Å². The van der Waals surface area contributed by atoms with Crippen LogP contribution >= 0.6 is 0 Å². The largest absolute Gasteiger partial charge is 0.481 e. The van der Waals surface area contributed by atoms with Crippen LogP contribution in [0.15, 0.2) is 54.6 Å². The molecule has 2 amide bonds. The SMILES string of the molecule is CC[C@@H](Oc1ccccc1)C(=O)NNC(=O)c1ccc(C)cc1. The maximum Gasteiger partial charge on any atom is 0.279 e. The number of hydrogen-bond acceptors (Lipinski definition) is 3. The van der Waals surface area contributed by atoms with E-state index in [4.69, 9.17) is 4.74 Å². The number of nitrogens with one attached hydrogen (secondary N) is 2. The van der Waals surface area contributed by atoms with Gasteiger partial charge in [-0.2, -0.15) is 0 Å². The van der Waals surface area contributed by atoms with E-state index in [1.165, 1.54) is 0 Å². The number of aryl methyl sites for hydroxylation is 1. The zero-order chi connectivity index (χ0) is 16.7. The normalized spacial score (nSPS) is 11.4. The van der Waals surface area contributed by atoms with Gasteiger partial charge < -0.3 is 4.74 Å². The monoisotopic (exact) mass is 312 g/mol. The van der Waals surface area contributed by atoms with Crippen molar-refractivity contribution in [2.75, 3.05) is 0 Å². The summed E-state index contributed by atoms with van der Waals surface area (Å²) in [4.78, 5) is 24.1. The van der Waals surface area contributed by atoms with Crippen LogP contribution in [0.5, 0.6) is 5.75 Å². The fourth-order valence-electron chi connectivity index (χ4n) is 1.96. The summed E-state index contributed by atoms with van der Waals surface area (Å²) < 4.78 is 5.62. The molecular formula is C18H20N2O3. The maximum absolute atomic E-state index is 12.1. The lowest BCUT2D eigenvalue weighted by atomic mass is 10.1. The first kappa shape index (κ1) is 16.5. The van der Waals surface area contributed by atoms with E-state index >= 15 is 0 Å². The van der Waals surface area contributed by atoms with E-state index in [0.29, 0.717) is 17.7 Å². The van der Waals surface area contributed by atoms with Gasteiger partial charge in [0.05, 0.1) is 0 Å². The summed E-state index contributed by atoms with van der Waals surface area (Å²) in [7, 11) is 0. The number of hydrazine groups is 1. The van der Waals surface area contributed by atoms with Gasteiger partial charge in [-0.25, -0.2) is 0 Å². The first-order valence-electron chi connectivity index (χ1n) is 7.48. The summed E-state index contributed by atoms with van der Waals surface area (Å²) in [5.74, 6) is -0.149. The van der Waals surface area contributed by atoms with Crippen LogP contribution in [-0.2, 0) is 4.79 Å². The predicted molar refractivity (Wildman–Crippen MR) is 87.9 cm³/mol. The first-order valence-corrected chi connectivity index (χ1v) is 7.48. The number of ether oxygens (including phenoxy) is 1. The van der Waals surface area contributed by atoms with E-state index in [2.05, 4.69) is 10.9 Å². The number of amides is 2. The molecule has 0 fully saturated rings. The van der Waals surface area contributed by atoms with Crippen molar-refractivity contribution in [3.8, 4) is 5.75 Å². The Balaban J connectivity index is 1.89. The second-order valence-corrected chi connectivity index (χ2v) is 5.14. The van der Waals surface area contributed by atoms with Crippen LogP contribution in [0.2, 0.25) is 0 Å². The van der Waals surface area contributed by atoms with Gasteiger partial charge in [-0.15, -0.1) is 0 Å². The first-order chi connectivity index (χ1) is 11.1. The van der Waals surface area contributed by atoms with E-state index < -0.39 is 12.0 Å². The summed E-state index contributed by atoms with van der Waals surface area (Å²) in [6.07, 6.45) is -0.183. The molecule has 0 bridgehead atoms. The lowest BCUT2D eigenvalue weighted by Crippen LogP contribution is -2.47. The number of carbonyl (C=O) groups is 2. The Morgan fingerprint density at radius 3 is 2.26 bits per heavy atom. The lowest BCUT2D eigenvalue weighted by molar-refractivity contribution is -0.128. The van der Waals surface area contributed by atoms with Crippen LogP contribution in [0.25, 0.3) is 0 Å². The zero-order valence-electron chi connectivity index (χ0n) is 13.2. The van der Waals surface area contributed by atoms with Crippen LogP contribution in [-0.4, -0.2) is 17.9 Å². The van der Waals surface area contributed by atoms with Crippen molar-refractivity contribution >= 4 is 11.8 Å². The Morgan fingerprint density at radius 1 is 1.00 bits per heavy atom. The van der Waals surface area contributed by atoms with Gasteiger partial charge in [0.15, 0.2) is 6.10 Å². The van der Waals surface area contributed by atoms with Crippen molar-refractivity contribution < 1.29 is 14.3 Å². The Kier molecular flexibility index (Phi) is 5.74. The summed E-state index contributed by atoms with van der Waals surface area (Å²) in [6.45, 7) is 3.78. The van der Waals surface area contributed by atoms with Gasteiger partial charge in [-0.1, -0.05) is 42.8 Å². The third-order valence-corrected chi connectivity index (χ3v) is 3.30. The van der Waals surface area contributed by atoms with Gasteiger partial charge >= 0.3 is 0 Å². The molecule has 0 heterocycles. The third kappa shape index (κ3) is 4.85. The average Bonchev–Trinajstić information content (AvgIpc) is 2.58. The second kappa shape index (κ2) is 7.98. The third-order valence-electron chi connectivity index (χ3n) is 3.30. The molecule has 120 valence electrons. The van der Waals surface area contributed by atoms with Gasteiger partial charge in [0, 0.05) is 5.56 Å². The van der Waals surface area contributed by atoms with E-state index in [-0.39, 0.29) is 5.91 Å². The Bertz CT molecular complexity index is 654. The molecule has 0 aliphatic rings. The molecule has 2 aromatic rings. The van der Waals surface area contributed by atoms with Gasteiger partial charge in [-0.3, -0.25) is 20.4 Å². The second-order valence-electron chi connectivity index (χ2n) is 5.14. The lowest BCUT2D eigenvalue weighted by Gasteiger charge is -2.17. The van der Waals surface area contributed by atoms with Crippen LogP contribution in [0, 0.1) is 6.92 Å². The quantitative estimate of drug-likeness (QED) is 0.834. The molecule has 5 heteroatoms. The summed E-state index contributed by atoms with van der Waals surface area (Å²) in [6, 6.07) is 16.2. The molecule has 0 aliphatic heterocycles. The minimum absolute atomic E-state index is 0.368. The van der Waals surface area contributed by atoms with Gasteiger partial charge in [0.1, 0.15) is 5.75 Å². The standard InChI is InChI=1S/C18H20N2O3/c1-3-16(23-15-7-5-4-6-8-15)18(22)20-19-17(21)14-11-9-13(2)10-12-14/h4-12,16H,3H2,1-2H3,(H,19,21)(H,20,22)/t16-/m1/s1. The molecule has 23 heavy (non-hydrogen) atoms. The average molecular weight is 312 g/mol. The molecule has 0 radical (unpaired) electrons. The van der Waals surface area contributed by atoms with Crippen molar-refractivity contribution in [2.45, 2.75) is 26.4 Å². The van der Waals surface area contributed by atoms with E-state index in [9.17, 15) is 9.59 Å². The zero-order valence-corrected chi connectivity index (χ0v) is 13.2. The maximum atomic E-state index is 12.1. The highest BCUT2D eigenvalue weighted by Crippen LogP contribution is 2.12. The topological polar surface area (TPSA) is 67.4 Å². The fourth-order valence-corrected chi connectivity index (χ4v) is 1.96. The summed E-state index contributed by atoms with van der Waals surface area (Å²) >= 11 is 0. The van der Waals surface area contributed by atoms with Gasteiger partial charge in [0.2, 0.25) is 0 Å². The highest BCUT2D eigenvalue weighted by atomic mass is 16.5. The fraction of sp³-hybridized carbons (Fsp3) is 0.222. The minimum Gasteiger partial charge on any atom is -0.481 e. The molecule has 5 nitrogen and oxygen atoms in total. The van der Waals surface area contributed by atoms with Crippen molar-refractivity contribution in [3.63, 3.8) is 0 Å². The van der Waals surface area contributed by atoms with E-state index in [1.807, 2.05) is 44.2 Å². The minimum atomic E-state index is -0.671. The number of para-hydroxylation sites is 1. The summed E-state index contributed by atoms with van der Waals surface area (Å²) in [5.41, 5.74) is 6.35. The Labute approximate surface area is 135 Å². The molecule has 1 atom stereocenters.